The van der Waals surface area contributed by atoms with Crippen LogP contribution in [0.3, 0.4) is 0 Å². The zero-order valence-electron chi connectivity index (χ0n) is 17.9. The van der Waals surface area contributed by atoms with Gasteiger partial charge in [0.1, 0.15) is 0 Å². The molecule has 2 aromatic rings. The van der Waals surface area contributed by atoms with Crippen LogP contribution in [0.25, 0.3) is 0 Å². The molecule has 2 aromatic carbocycles. The molecule has 0 radical (unpaired) electrons. The highest BCUT2D eigenvalue weighted by atomic mass is 19.4. The van der Waals surface area contributed by atoms with Crippen molar-refractivity contribution in [3.63, 3.8) is 0 Å². The molecule has 5 nitrogen and oxygen atoms in total. The van der Waals surface area contributed by atoms with Crippen LogP contribution < -0.4 is 10.2 Å². The van der Waals surface area contributed by atoms with Crippen LogP contribution in [0.2, 0.25) is 0 Å². The molecule has 1 aliphatic carbocycles. The van der Waals surface area contributed by atoms with Crippen LogP contribution in [-0.4, -0.2) is 18.0 Å². The maximum absolute atomic E-state index is 13.2. The maximum atomic E-state index is 13.2. The van der Waals surface area contributed by atoms with Crippen molar-refractivity contribution in [3.05, 3.63) is 88.2 Å². The van der Waals surface area contributed by atoms with Crippen LogP contribution in [0.4, 0.5) is 18.9 Å². The number of hydrogen-bond donors (Lipinski definition) is 1. The van der Waals surface area contributed by atoms with E-state index in [1.165, 1.54) is 23.3 Å². The van der Waals surface area contributed by atoms with Gasteiger partial charge in [0.05, 0.1) is 23.4 Å². The Labute approximate surface area is 188 Å². The number of ether oxygens (including phenoxy) is 1. The highest BCUT2D eigenvalue weighted by molar-refractivity contribution is 6.09. The number of anilines is 1. The van der Waals surface area contributed by atoms with Crippen molar-refractivity contribution in [2.45, 2.75) is 38.7 Å². The number of rotatable bonds is 3. The Balaban J connectivity index is 1.45. The average Bonchev–Trinajstić information content (AvgIpc) is 3.36. The zero-order chi connectivity index (χ0) is 23.5. The van der Waals surface area contributed by atoms with Crippen molar-refractivity contribution in [3.8, 4) is 0 Å². The smallest absolute Gasteiger partial charge is 0.416 e. The number of fused-ring (bicyclic) bond motifs is 3. The Bertz CT molecular complexity index is 1230. The van der Waals surface area contributed by atoms with Crippen LogP contribution in [0, 0.1) is 5.92 Å². The first-order valence-corrected chi connectivity index (χ1v) is 10.6. The third-order valence-corrected chi connectivity index (χ3v) is 6.69. The van der Waals surface area contributed by atoms with E-state index in [1.807, 2.05) is 24.3 Å². The Morgan fingerprint density at radius 2 is 1.85 bits per heavy atom. The number of amides is 2. The molecule has 3 aliphatic rings. The third kappa shape index (κ3) is 3.41. The number of benzene rings is 2. The Hall–Kier alpha value is -3.55. The molecule has 5 rings (SSSR count). The van der Waals surface area contributed by atoms with Gasteiger partial charge in [-0.25, -0.2) is 0 Å². The second-order valence-electron chi connectivity index (χ2n) is 8.55. The van der Waals surface area contributed by atoms with E-state index in [9.17, 15) is 22.8 Å². The van der Waals surface area contributed by atoms with Crippen molar-refractivity contribution >= 4 is 17.5 Å². The van der Waals surface area contributed by atoms with E-state index >= 15 is 0 Å². The number of hydrogen-bond acceptors (Lipinski definition) is 3. The van der Waals surface area contributed by atoms with E-state index in [0.29, 0.717) is 23.1 Å². The molecule has 1 saturated heterocycles. The van der Waals surface area contributed by atoms with Gasteiger partial charge in [-0.2, -0.15) is 13.2 Å². The minimum Gasteiger partial charge on any atom is -0.473 e. The Morgan fingerprint density at radius 3 is 2.61 bits per heavy atom. The number of carbonyl (C=O) groups excluding carboxylic acids is 2. The molecular weight excluding hydrogens is 433 g/mol. The summed E-state index contributed by atoms with van der Waals surface area (Å²) in [5, 5.41) is 2.99. The average molecular weight is 454 g/mol. The van der Waals surface area contributed by atoms with Crippen LogP contribution >= 0.6 is 0 Å². The molecule has 1 N–H and O–H groups in total. The number of alkyl halides is 3. The summed E-state index contributed by atoms with van der Waals surface area (Å²) in [6.07, 6.45) is -3.43. The zero-order valence-corrected chi connectivity index (χ0v) is 17.9. The second kappa shape index (κ2) is 7.50. The lowest BCUT2D eigenvalue weighted by Crippen LogP contribution is -2.36. The van der Waals surface area contributed by atoms with Gasteiger partial charge in [0.15, 0.2) is 0 Å². The van der Waals surface area contributed by atoms with Crippen molar-refractivity contribution in [1.29, 1.82) is 0 Å². The summed E-state index contributed by atoms with van der Waals surface area (Å²) in [6.45, 7) is 3.31. The highest BCUT2D eigenvalue weighted by Gasteiger charge is 2.45. The third-order valence-electron chi connectivity index (χ3n) is 6.69. The van der Waals surface area contributed by atoms with Gasteiger partial charge < -0.3 is 10.1 Å². The molecule has 1 fully saturated rings. The van der Waals surface area contributed by atoms with Gasteiger partial charge in [-0.15, -0.1) is 0 Å². The molecule has 8 heteroatoms. The predicted molar refractivity (Wildman–Crippen MR) is 115 cm³/mol. The largest absolute Gasteiger partial charge is 0.473 e. The fourth-order valence-electron chi connectivity index (χ4n) is 4.82. The summed E-state index contributed by atoms with van der Waals surface area (Å²) in [4.78, 5) is 26.7. The van der Waals surface area contributed by atoms with Crippen LogP contribution in [-0.2, 0) is 26.9 Å². The van der Waals surface area contributed by atoms with Crippen molar-refractivity contribution in [2.24, 2.45) is 5.92 Å². The summed E-state index contributed by atoms with van der Waals surface area (Å²) >= 11 is 0. The normalized spacial score (nSPS) is 25.5. The standard InChI is InChI=1S/C25H21F3N2O3/c1-13-14(2)24(30(23(13)32)17-8-5-7-16(11-17)25(26,27)28)33-12-20-19-10-15-6-3-4-9-18(15)21(19)29-22(20)31/h3-9,11-12,19,21,24H,10H2,1-2H3,(H,29,31). The Morgan fingerprint density at radius 1 is 1.09 bits per heavy atom. The van der Waals surface area contributed by atoms with Crippen molar-refractivity contribution < 1.29 is 27.5 Å². The molecule has 3 unspecified atom stereocenters. The van der Waals surface area contributed by atoms with E-state index in [1.54, 1.807) is 13.8 Å². The van der Waals surface area contributed by atoms with E-state index in [2.05, 4.69) is 5.32 Å². The number of halogens is 3. The van der Waals surface area contributed by atoms with Gasteiger partial charge in [-0.1, -0.05) is 30.3 Å². The Kier molecular flexibility index (Phi) is 4.84. The molecule has 0 bridgehead atoms. The summed E-state index contributed by atoms with van der Waals surface area (Å²) in [7, 11) is 0. The first kappa shape index (κ1) is 21.3. The van der Waals surface area contributed by atoms with Gasteiger partial charge in [-0.05, 0) is 55.2 Å². The monoisotopic (exact) mass is 454 g/mol. The molecule has 2 heterocycles. The molecule has 170 valence electrons. The molecule has 0 saturated carbocycles. The van der Waals surface area contributed by atoms with E-state index in [4.69, 9.17) is 4.74 Å². The predicted octanol–water partition coefficient (Wildman–Crippen LogP) is 4.66. The van der Waals surface area contributed by atoms with Gasteiger partial charge in [0.2, 0.25) is 6.23 Å². The molecule has 0 spiro atoms. The van der Waals surface area contributed by atoms with E-state index < -0.39 is 23.9 Å². The van der Waals surface area contributed by atoms with Crippen molar-refractivity contribution in [2.75, 3.05) is 4.90 Å². The van der Waals surface area contributed by atoms with Crippen molar-refractivity contribution in [1.82, 2.24) is 5.32 Å². The number of carbonyl (C=O) groups is 2. The van der Waals surface area contributed by atoms with Crippen LogP contribution in [0.5, 0.6) is 0 Å². The topological polar surface area (TPSA) is 58.6 Å². The summed E-state index contributed by atoms with van der Waals surface area (Å²) in [5.41, 5.74) is 2.91. The van der Waals surface area contributed by atoms with Gasteiger partial charge in [-0.3, -0.25) is 14.5 Å². The van der Waals surface area contributed by atoms with Gasteiger partial charge in [0.25, 0.3) is 11.8 Å². The van der Waals surface area contributed by atoms with Crippen LogP contribution in [0.1, 0.15) is 36.6 Å². The first-order chi connectivity index (χ1) is 15.7. The quantitative estimate of drug-likeness (QED) is 0.542. The minimum atomic E-state index is -4.54. The lowest BCUT2D eigenvalue weighted by molar-refractivity contribution is -0.137. The van der Waals surface area contributed by atoms with Gasteiger partial charge >= 0.3 is 6.18 Å². The summed E-state index contributed by atoms with van der Waals surface area (Å²) in [6, 6.07) is 12.4. The molecule has 0 aromatic heterocycles. The molecule has 3 atom stereocenters. The SMILES string of the molecule is CC1=C(C)C(OC=C2C(=O)NC3c4ccccc4CC23)N(c2cccc(C(F)(F)F)c2)C1=O. The first-order valence-electron chi connectivity index (χ1n) is 10.6. The minimum absolute atomic E-state index is 0.0800. The highest BCUT2D eigenvalue weighted by Crippen LogP contribution is 2.44. The second-order valence-corrected chi connectivity index (χ2v) is 8.55. The van der Waals surface area contributed by atoms with E-state index in [0.717, 1.165) is 23.3 Å². The fourth-order valence-corrected chi connectivity index (χ4v) is 4.82. The molecule has 2 aliphatic heterocycles. The molecule has 2 amide bonds. The number of nitrogens with one attached hydrogen (secondary N) is 1. The lowest BCUT2D eigenvalue weighted by Gasteiger charge is -2.26. The lowest BCUT2D eigenvalue weighted by atomic mass is 9.97. The number of nitrogens with zero attached hydrogens (tertiary/aromatic N) is 1. The summed E-state index contributed by atoms with van der Waals surface area (Å²) in [5.74, 6) is -0.774. The fraction of sp³-hybridized carbons (Fsp3) is 0.280. The van der Waals surface area contributed by atoms with E-state index in [-0.39, 0.29) is 23.6 Å². The summed E-state index contributed by atoms with van der Waals surface area (Å²) < 4.78 is 45.7. The van der Waals surface area contributed by atoms with Crippen LogP contribution in [0.15, 0.2) is 71.5 Å². The molecule has 33 heavy (non-hydrogen) atoms. The van der Waals surface area contributed by atoms with Gasteiger partial charge in [0, 0.05) is 17.2 Å². The molecular formula is C25H21F3N2O3. The maximum Gasteiger partial charge on any atom is 0.416 e.